The monoisotopic (exact) mass is 378 g/mol. The average Bonchev–Trinajstić information content (AvgIpc) is 3.20. The molecule has 0 radical (unpaired) electrons. The summed E-state index contributed by atoms with van der Waals surface area (Å²) in [7, 11) is 0. The number of aromatic nitrogens is 1. The standard InChI is InChI=1S/C20H18N4O2S/c21-10-15-14-6-3-1-2-4-9-18(14)27-20(15)23-12-13-11-22-16-7-5-8-17(19(13)16)24(25)26/h5,7-8,11-12,22H,1-4,6,9H2. The Morgan fingerprint density at radius 2 is 2.07 bits per heavy atom. The number of nitro benzene ring substituents is 1. The second-order valence-electron chi connectivity index (χ2n) is 6.67. The molecule has 1 aliphatic carbocycles. The van der Waals surface area contributed by atoms with Crippen molar-refractivity contribution in [3.05, 3.63) is 56.1 Å². The summed E-state index contributed by atoms with van der Waals surface area (Å²) in [5.41, 5.74) is 3.22. The molecular weight excluding hydrogens is 360 g/mol. The lowest BCUT2D eigenvalue weighted by molar-refractivity contribution is -0.383. The Balaban J connectivity index is 1.76. The maximum absolute atomic E-state index is 11.3. The van der Waals surface area contributed by atoms with Crippen molar-refractivity contribution < 1.29 is 4.92 Å². The molecule has 2 heterocycles. The van der Waals surface area contributed by atoms with E-state index in [1.54, 1.807) is 35.9 Å². The molecule has 0 bridgehead atoms. The van der Waals surface area contributed by atoms with E-state index in [-0.39, 0.29) is 10.6 Å². The quantitative estimate of drug-likeness (QED) is 0.374. The zero-order valence-electron chi connectivity index (χ0n) is 14.7. The number of non-ortho nitro benzene ring substituents is 1. The zero-order valence-corrected chi connectivity index (χ0v) is 15.5. The Hall–Kier alpha value is -2.98. The van der Waals surface area contributed by atoms with Crippen LogP contribution < -0.4 is 0 Å². The third kappa shape index (κ3) is 3.24. The van der Waals surface area contributed by atoms with Gasteiger partial charge in [-0.1, -0.05) is 18.9 Å². The molecule has 1 aliphatic rings. The highest BCUT2D eigenvalue weighted by Crippen LogP contribution is 2.38. The maximum atomic E-state index is 11.3. The normalized spacial score (nSPS) is 14.6. The van der Waals surface area contributed by atoms with Crippen LogP contribution in [0.15, 0.2) is 29.4 Å². The number of nitrogens with zero attached hydrogens (tertiary/aromatic N) is 3. The number of aliphatic imine (C=N–C) groups is 1. The molecule has 4 rings (SSSR count). The minimum atomic E-state index is -0.384. The maximum Gasteiger partial charge on any atom is 0.279 e. The Labute approximate surface area is 160 Å². The first-order valence-corrected chi connectivity index (χ1v) is 9.84. The van der Waals surface area contributed by atoms with Crippen LogP contribution in [0.1, 0.15) is 47.3 Å². The van der Waals surface area contributed by atoms with Crippen LogP contribution in [0.25, 0.3) is 10.9 Å². The van der Waals surface area contributed by atoms with Crippen molar-refractivity contribution in [2.75, 3.05) is 0 Å². The van der Waals surface area contributed by atoms with Gasteiger partial charge in [-0.15, -0.1) is 11.3 Å². The Morgan fingerprint density at radius 3 is 2.85 bits per heavy atom. The van der Waals surface area contributed by atoms with Crippen LogP contribution in [0.2, 0.25) is 0 Å². The average molecular weight is 378 g/mol. The zero-order chi connectivity index (χ0) is 18.8. The lowest BCUT2D eigenvalue weighted by atomic mass is 9.97. The van der Waals surface area contributed by atoms with E-state index in [4.69, 9.17) is 0 Å². The van der Waals surface area contributed by atoms with E-state index in [1.165, 1.54) is 23.8 Å². The Kier molecular flexibility index (Phi) is 4.73. The summed E-state index contributed by atoms with van der Waals surface area (Å²) in [5, 5.41) is 22.2. The first-order chi connectivity index (χ1) is 13.2. The predicted octanol–water partition coefficient (Wildman–Crippen LogP) is 5.42. The summed E-state index contributed by atoms with van der Waals surface area (Å²) >= 11 is 1.58. The summed E-state index contributed by atoms with van der Waals surface area (Å²) in [6, 6.07) is 7.28. The van der Waals surface area contributed by atoms with Crippen molar-refractivity contribution in [1.29, 1.82) is 5.26 Å². The summed E-state index contributed by atoms with van der Waals surface area (Å²) in [6.45, 7) is 0. The minimum absolute atomic E-state index is 0.0501. The largest absolute Gasteiger partial charge is 0.360 e. The summed E-state index contributed by atoms with van der Waals surface area (Å²) in [5.74, 6) is 0. The van der Waals surface area contributed by atoms with E-state index >= 15 is 0 Å². The van der Waals surface area contributed by atoms with Gasteiger partial charge < -0.3 is 4.98 Å². The van der Waals surface area contributed by atoms with Gasteiger partial charge in [-0.05, 0) is 37.3 Å². The number of fused-ring (bicyclic) bond motifs is 2. The van der Waals surface area contributed by atoms with Gasteiger partial charge in [0.1, 0.15) is 11.1 Å². The van der Waals surface area contributed by atoms with Crippen molar-refractivity contribution >= 4 is 39.1 Å². The van der Waals surface area contributed by atoms with Gasteiger partial charge in [-0.2, -0.15) is 5.26 Å². The van der Waals surface area contributed by atoms with E-state index in [9.17, 15) is 15.4 Å². The van der Waals surface area contributed by atoms with Crippen LogP contribution in [-0.4, -0.2) is 16.1 Å². The third-order valence-corrected chi connectivity index (χ3v) is 6.20. The fourth-order valence-corrected chi connectivity index (χ4v) is 4.87. The van der Waals surface area contributed by atoms with Crippen LogP contribution in [0.5, 0.6) is 0 Å². The number of benzene rings is 1. The van der Waals surface area contributed by atoms with Crippen LogP contribution in [0.4, 0.5) is 10.7 Å². The molecule has 6 nitrogen and oxygen atoms in total. The van der Waals surface area contributed by atoms with Gasteiger partial charge in [0, 0.05) is 28.9 Å². The minimum Gasteiger partial charge on any atom is -0.360 e. The molecular formula is C20H18N4O2S. The number of nitriles is 1. The number of aryl methyl sites for hydroxylation is 1. The highest BCUT2D eigenvalue weighted by Gasteiger charge is 2.19. The second kappa shape index (κ2) is 7.33. The number of hydrogen-bond donors (Lipinski definition) is 1. The number of thiophene rings is 1. The number of rotatable bonds is 3. The second-order valence-corrected chi connectivity index (χ2v) is 7.75. The molecule has 3 aromatic rings. The first kappa shape index (κ1) is 17.4. The topological polar surface area (TPSA) is 95.1 Å². The lowest BCUT2D eigenvalue weighted by Gasteiger charge is -2.08. The molecule has 1 N–H and O–H groups in total. The highest BCUT2D eigenvalue weighted by molar-refractivity contribution is 7.16. The molecule has 0 fully saturated rings. The fourth-order valence-electron chi connectivity index (χ4n) is 3.68. The molecule has 0 atom stereocenters. The van der Waals surface area contributed by atoms with Crippen molar-refractivity contribution in [1.82, 2.24) is 4.98 Å². The SMILES string of the molecule is N#Cc1c(N=Cc2c[nH]c3cccc([N+](=O)[O-])c23)sc2c1CCCCCC2. The van der Waals surface area contributed by atoms with Crippen molar-refractivity contribution in [2.45, 2.75) is 38.5 Å². The molecule has 2 aromatic heterocycles. The molecule has 0 unspecified atom stereocenters. The number of nitrogens with one attached hydrogen (secondary N) is 1. The van der Waals surface area contributed by atoms with Gasteiger partial charge in [-0.3, -0.25) is 10.1 Å². The fraction of sp³-hybridized carbons (Fsp3) is 0.300. The van der Waals surface area contributed by atoms with E-state index < -0.39 is 0 Å². The van der Waals surface area contributed by atoms with Gasteiger partial charge in [-0.25, -0.2) is 4.99 Å². The molecule has 0 saturated carbocycles. The molecule has 0 aliphatic heterocycles. The lowest BCUT2D eigenvalue weighted by Crippen LogP contribution is -1.97. The van der Waals surface area contributed by atoms with E-state index in [0.717, 1.165) is 31.2 Å². The van der Waals surface area contributed by atoms with Crippen LogP contribution in [0.3, 0.4) is 0 Å². The summed E-state index contributed by atoms with van der Waals surface area (Å²) < 4.78 is 0. The number of H-pyrrole nitrogens is 1. The van der Waals surface area contributed by atoms with E-state index in [1.807, 2.05) is 0 Å². The smallest absolute Gasteiger partial charge is 0.279 e. The Bertz CT molecular complexity index is 1090. The van der Waals surface area contributed by atoms with Crippen molar-refractivity contribution in [2.24, 2.45) is 4.99 Å². The molecule has 27 heavy (non-hydrogen) atoms. The molecule has 0 spiro atoms. The first-order valence-electron chi connectivity index (χ1n) is 9.02. The van der Waals surface area contributed by atoms with Crippen molar-refractivity contribution in [3.63, 3.8) is 0 Å². The summed E-state index contributed by atoms with van der Waals surface area (Å²) in [4.78, 5) is 19.8. The number of nitro groups is 1. The van der Waals surface area contributed by atoms with Crippen molar-refractivity contribution in [3.8, 4) is 6.07 Å². The highest BCUT2D eigenvalue weighted by atomic mass is 32.1. The van der Waals surface area contributed by atoms with Gasteiger partial charge in [0.05, 0.1) is 21.4 Å². The van der Waals surface area contributed by atoms with E-state index in [2.05, 4.69) is 16.0 Å². The van der Waals surface area contributed by atoms with Crippen LogP contribution in [-0.2, 0) is 12.8 Å². The van der Waals surface area contributed by atoms with Crippen LogP contribution in [0, 0.1) is 21.4 Å². The molecule has 136 valence electrons. The number of hydrogen-bond acceptors (Lipinski definition) is 5. The molecule has 1 aromatic carbocycles. The summed E-state index contributed by atoms with van der Waals surface area (Å²) in [6.07, 6.45) is 9.98. The molecule has 0 saturated heterocycles. The predicted molar refractivity (Wildman–Crippen MR) is 107 cm³/mol. The molecule has 7 heteroatoms. The third-order valence-electron chi connectivity index (χ3n) is 5.00. The van der Waals surface area contributed by atoms with Gasteiger partial charge >= 0.3 is 0 Å². The Morgan fingerprint density at radius 1 is 1.26 bits per heavy atom. The van der Waals surface area contributed by atoms with Crippen LogP contribution >= 0.6 is 11.3 Å². The molecule has 0 amide bonds. The van der Waals surface area contributed by atoms with E-state index in [0.29, 0.717) is 27.0 Å². The van der Waals surface area contributed by atoms with Gasteiger partial charge in [0.25, 0.3) is 5.69 Å². The van der Waals surface area contributed by atoms with Gasteiger partial charge in [0.15, 0.2) is 0 Å². The number of aromatic amines is 1. The van der Waals surface area contributed by atoms with Gasteiger partial charge in [0.2, 0.25) is 0 Å².